The predicted octanol–water partition coefficient (Wildman–Crippen LogP) is 1.86. The third-order valence-electron chi connectivity index (χ3n) is 1.90. The molecule has 0 aromatic carbocycles. The number of halogens is 1. The highest BCUT2D eigenvalue weighted by atomic mass is 35.5. The van der Waals surface area contributed by atoms with E-state index in [0.717, 1.165) is 5.69 Å². The Morgan fingerprint density at radius 3 is 2.62 bits per heavy atom. The topological polar surface area (TPSA) is 38.0 Å². The van der Waals surface area contributed by atoms with Gasteiger partial charge in [-0.2, -0.15) is 5.10 Å². The van der Waals surface area contributed by atoms with Gasteiger partial charge in [-0.3, -0.25) is 4.68 Å². The molecule has 0 fully saturated rings. The number of hydrogen-bond acceptors (Lipinski definition) is 2. The molecule has 1 aromatic rings. The quantitative estimate of drug-likeness (QED) is 0.813. The second-order valence-electron chi connectivity index (χ2n) is 4.08. The van der Waals surface area contributed by atoms with Crippen LogP contribution in [-0.2, 0) is 6.54 Å². The van der Waals surface area contributed by atoms with Gasteiger partial charge in [-0.15, -0.1) is 0 Å². The van der Waals surface area contributed by atoms with Crippen molar-refractivity contribution in [3.63, 3.8) is 0 Å². The van der Waals surface area contributed by atoms with Crippen LogP contribution in [0, 0.1) is 12.3 Å². The van der Waals surface area contributed by atoms with E-state index in [1.54, 1.807) is 10.9 Å². The van der Waals surface area contributed by atoms with E-state index in [1.165, 1.54) is 0 Å². The second kappa shape index (κ2) is 3.68. The van der Waals surface area contributed by atoms with E-state index in [2.05, 4.69) is 5.10 Å². The molecule has 0 amide bonds. The zero-order valence-corrected chi connectivity index (χ0v) is 8.97. The molecule has 4 heteroatoms. The molecule has 1 rings (SSSR count). The van der Waals surface area contributed by atoms with Crippen LogP contribution in [0.3, 0.4) is 0 Å². The minimum atomic E-state index is -0.151. The van der Waals surface area contributed by atoms with Crippen LogP contribution in [0.4, 0.5) is 0 Å². The Morgan fingerprint density at radius 2 is 2.23 bits per heavy atom. The average molecular weight is 203 g/mol. The van der Waals surface area contributed by atoms with Crippen LogP contribution in [0.25, 0.3) is 0 Å². The Labute approximate surface area is 83.3 Å². The molecule has 13 heavy (non-hydrogen) atoms. The van der Waals surface area contributed by atoms with Crippen LogP contribution in [0.2, 0.25) is 5.02 Å². The summed E-state index contributed by atoms with van der Waals surface area (Å²) < 4.78 is 1.77. The van der Waals surface area contributed by atoms with Gasteiger partial charge in [0, 0.05) is 24.8 Å². The first-order valence-electron chi connectivity index (χ1n) is 4.25. The first kappa shape index (κ1) is 10.5. The maximum atomic E-state index is 9.06. The molecule has 0 aliphatic heterocycles. The molecule has 0 atom stereocenters. The van der Waals surface area contributed by atoms with Crippen LogP contribution < -0.4 is 0 Å². The van der Waals surface area contributed by atoms with Crippen molar-refractivity contribution in [2.75, 3.05) is 6.61 Å². The normalized spacial score (nSPS) is 12.1. The summed E-state index contributed by atoms with van der Waals surface area (Å²) in [6.45, 7) is 6.65. The fourth-order valence-electron chi connectivity index (χ4n) is 1.06. The smallest absolute Gasteiger partial charge is 0.0814 e. The van der Waals surface area contributed by atoms with Crippen molar-refractivity contribution in [1.82, 2.24) is 9.78 Å². The van der Waals surface area contributed by atoms with E-state index >= 15 is 0 Å². The van der Waals surface area contributed by atoms with Gasteiger partial charge < -0.3 is 5.11 Å². The van der Waals surface area contributed by atoms with Crippen molar-refractivity contribution in [2.24, 2.45) is 5.41 Å². The standard InChI is InChI=1S/C9H15ClN2O/c1-7-8(10)4-12(11-7)5-9(2,3)6-13/h4,13H,5-6H2,1-3H3. The number of rotatable bonds is 3. The second-order valence-corrected chi connectivity index (χ2v) is 4.49. The van der Waals surface area contributed by atoms with Crippen molar-refractivity contribution < 1.29 is 5.11 Å². The van der Waals surface area contributed by atoms with Gasteiger partial charge in [-0.05, 0) is 6.92 Å². The third-order valence-corrected chi connectivity index (χ3v) is 2.28. The van der Waals surface area contributed by atoms with E-state index in [-0.39, 0.29) is 12.0 Å². The summed E-state index contributed by atoms with van der Waals surface area (Å²) in [6, 6.07) is 0. The van der Waals surface area contributed by atoms with Gasteiger partial charge in [-0.1, -0.05) is 25.4 Å². The molecule has 0 radical (unpaired) electrons. The summed E-state index contributed by atoms with van der Waals surface area (Å²) in [4.78, 5) is 0. The summed E-state index contributed by atoms with van der Waals surface area (Å²) in [5, 5.41) is 13.9. The van der Waals surface area contributed by atoms with Gasteiger partial charge in [-0.25, -0.2) is 0 Å². The Hall–Kier alpha value is -0.540. The molecular weight excluding hydrogens is 188 g/mol. The fourth-order valence-corrected chi connectivity index (χ4v) is 1.21. The number of hydrogen-bond donors (Lipinski definition) is 1. The zero-order chi connectivity index (χ0) is 10.1. The van der Waals surface area contributed by atoms with E-state index in [4.69, 9.17) is 16.7 Å². The van der Waals surface area contributed by atoms with Crippen LogP contribution in [0.5, 0.6) is 0 Å². The summed E-state index contributed by atoms with van der Waals surface area (Å²) in [6.07, 6.45) is 1.79. The Balaban J connectivity index is 2.75. The lowest BCUT2D eigenvalue weighted by Gasteiger charge is -2.20. The van der Waals surface area contributed by atoms with Crippen molar-refractivity contribution in [2.45, 2.75) is 27.3 Å². The number of aromatic nitrogens is 2. The maximum absolute atomic E-state index is 9.06. The largest absolute Gasteiger partial charge is 0.396 e. The summed E-state index contributed by atoms with van der Waals surface area (Å²) >= 11 is 5.86. The molecule has 1 N–H and O–H groups in total. The van der Waals surface area contributed by atoms with Crippen molar-refractivity contribution in [3.8, 4) is 0 Å². The third kappa shape index (κ3) is 2.71. The molecule has 0 saturated heterocycles. The van der Waals surface area contributed by atoms with E-state index in [1.807, 2.05) is 20.8 Å². The molecule has 0 aliphatic rings. The number of nitrogens with zero attached hydrogens (tertiary/aromatic N) is 2. The van der Waals surface area contributed by atoms with Gasteiger partial charge in [0.25, 0.3) is 0 Å². The fraction of sp³-hybridized carbons (Fsp3) is 0.667. The minimum Gasteiger partial charge on any atom is -0.396 e. The minimum absolute atomic E-state index is 0.142. The first-order chi connectivity index (χ1) is 5.94. The van der Waals surface area contributed by atoms with Crippen LogP contribution in [-0.4, -0.2) is 21.5 Å². The molecule has 74 valence electrons. The van der Waals surface area contributed by atoms with Gasteiger partial charge in [0.1, 0.15) is 0 Å². The molecular formula is C9H15ClN2O. The zero-order valence-electron chi connectivity index (χ0n) is 8.21. The Morgan fingerprint density at radius 1 is 1.62 bits per heavy atom. The van der Waals surface area contributed by atoms with Crippen molar-refractivity contribution in [1.29, 1.82) is 0 Å². The summed E-state index contributed by atoms with van der Waals surface area (Å²) in [7, 11) is 0. The molecule has 0 spiro atoms. The Bertz CT molecular complexity index is 274. The van der Waals surface area contributed by atoms with Gasteiger partial charge in [0.15, 0.2) is 0 Å². The molecule has 0 aliphatic carbocycles. The molecule has 3 nitrogen and oxygen atoms in total. The first-order valence-corrected chi connectivity index (χ1v) is 4.63. The SMILES string of the molecule is Cc1nn(CC(C)(C)CO)cc1Cl. The monoisotopic (exact) mass is 202 g/mol. The lowest BCUT2D eigenvalue weighted by Crippen LogP contribution is -2.24. The highest BCUT2D eigenvalue weighted by Gasteiger charge is 2.18. The molecule has 1 aromatic heterocycles. The maximum Gasteiger partial charge on any atom is 0.0814 e. The average Bonchev–Trinajstić information content (AvgIpc) is 2.30. The lowest BCUT2D eigenvalue weighted by molar-refractivity contribution is 0.136. The van der Waals surface area contributed by atoms with Gasteiger partial charge >= 0.3 is 0 Å². The summed E-state index contributed by atoms with van der Waals surface area (Å²) in [5.41, 5.74) is 0.678. The number of aliphatic hydroxyl groups excluding tert-OH is 1. The van der Waals surface area contributed by atoms with Crippen LogP contribution >= 0.6 is 11.6 Å². The molecule has 0 saturated carbocycles. The molecule has 1 heterocycles. The molecule has 0 bridgehead atoms. The van der Waals surface area contributed by atoms with Crippen LogP contribution in [0.1, 0.15) is 19.5 Å². The lowest BCUT2D eigenvalue weighted by atomic mass is 9.95. The van der Waals surface area contributed by atoms with E-state index in [0.29, 0.717) is 11.6 Å². The van der Waals surface area contributed by atoms with E-state index < -0.39 is 0 Å². The summed E-state index contributed by atoms with van der Waals surface area (Å²) in [5.74, 6) is 0. The van der Waals surface area contributed by atoms with Gasteiger partial charge in [0.2, 0.25) is 0 Å². The van der Waals surface area contributed by atoms with Gasteiger partial charge in [0.05, 0.1) is 10.7 Å². The highest BCUT2D eigenvalue weighted by Crippen LogP contribution is 2.19. The number of aliphatic hydroxyl groups is 1. The van der Waals surface area contributed by atoms with Crippen molar-refractivity contribution >= 4 is 11.6 Å². The Kier molecular flexibility index (Phi) is 2.98. The van der Waals surface area contributed by atoms with E-state index in [9.17, 15) is 0 Å². The van der Waals surface area contributed by atoms with Crippen LogP contribution in [0.15, 0.2) is 6.20 Å². The molecule has 0 unspecified atom stereocenters. The highest BCUT2D eigenvalue weighted by molar-refractivity contribution is 6.31. The van der Waals surface area contributed by atoms with Crippen molar-refractivity contribution in [3.05, 3.63) is 16.9 Å². The predicted molar refractivity (Wildman–Crippen MR) is 52.8 cm³/mol. The number of aryl methyl sites for hydroxylation is 1.